The zero-order valence-corrected chi connectivity index (χ0v) is 13.9. The lowest BCUT2D eigenvalue weighted by Gasteiger charge is -2.70. The number of nitrogens with zero attached hydrogens (tertiary/aromatic N) is 1. The summed E-state index contributed by atoms with van der Waals surface area (Å²) in [6, 6.07) is 0. The molecule has 126 valence electrons. The van der Waals surface area contributed by atoms with Gasteiger partial charge in [0.15, 0.2) is 0 Å². The number of hydrogen-bond donors (Lipinski definition) is 0. The predicted molar refractivity (Wildman–Crippen MR) is 82.6 cm³/mol. The van der Waals surface area contributed by atoms with Crippen LogP contribution in [-0.2, 0) is 19.0 Å². The summed E-state index contributed by atoms with van der Waals surface area (Å²) in [5.41, 5.74) is 0.300. The highest BCUT2D eigenvalue weighted by atomic mass is 16.5. The first kappa shape index (κ1) is 16.2. The van der Waals surface area contributed by atoms with Gasteiger partial charge in [0.05, 0.1) is 18.1 Å². The van der Waals surface area contributed by atoms with Crippen LogP contribution in [-0.4, -0.2) is 64.0 Å². The minimum atomic E-state index is -0.0272. The summed E-state index contributed by atoms with van der Waals surface area (Å²) in [6.45, 7) is 4.08. The Morgan fingerprint density at radius 2 is 1.77 bits per heavy atom. The minimum Gasteiger partial charge on any atom is -0.385 e. The Labute approximate surface area is 133 Å². The van der Waals surface area contributed by atoms with Crippen molar-refractivity contribution >= 4 is 5.91 Å². The van der Waals surface area contributed by atoms with E-state index in [0.29, 0.717) is 11.3 Å². The second-order valence-electron chi connectivity index (χ2n) is 7.48. The zero-order chi connectivity index (χ0) is 15.6. The van der Waals surface area contributed by atoms with E-state index >= 15 is 0 Å². The van der Waals surface area contributed by atoms with Gasteiger partial charge in [-0.05, 0) is 43.9 Å². The van der Waals surface area contributed by atoms with Crippen LogP contribution in [0.3, 0.4) is 0 Å². The van der Waals surface area contributed by atoms with Crippen LogP contribution >= 0.6 is 0 Å². The lowest BCUT2D eigenvalue weighted by atomic mass is 9.35. The van der Waals surface area contributed by atoms with Gasteiger partial charge in [-0.15, -0.1) is 0 Å². The van der Waals surface area contributed by atoms with Crippen LogP contribution < -0.4 is 0 Å². The van der Waals surface area contributed by atoms with Crippen LogP contribution in [0.1, 0.15) is 38.5 Å². The maximum Gasteiger partial charge on any atom is 0.229 e. The molecule has 2 bridgehead atoms. The molecule has 0 unspecified atom stereocenters. The lowest BCUT2D eigenvalue weighted by Crippen LogP contribution is -2.72. The van der Waals surface area contributed by atoms with E-state index in [1.165, 1.54) is 6.42 Å². The van der Waals surface area contributed by atoms with E-state index in [2.05, 4.69) is 0 Å². The molecular weight excluding hydrogens is 282 g/mol. The van der Waals surface area contributed by atoms with E-state index in [1.54, 1.807) is 14.2 Å². The van der Waals surface area contributed by atoms with Crippen molar-refractivity contribution in [1.82, 2.24) is 4.90 Å². The Hall–Kier alpha value is -0.650. The monoisotopic (exact) mass is 311 g/mol. The molecule has 3 saturated carbocycles. The van der Waals surface area contributed by atoms with E-state index in [4.69, 9.17) is 14.2 Å². The highest BCUT2D eigenvalue weighted by molar-refractivity contribution is 5.87. The van der Waals surface area contributed by atoms with Gasteiger partial charge in [0, 0.05) is 40.5 Å². The Bertz CT molecular complexity index is 386. The van der Waals surface area contributed by atoms with Crippen molar-refractivity contribution < 1.29 is 19.0 Å². The highest BCUT2D eigenvalue weighted by Gasteiger charge is 2.72. The molecule has 3 aliphatic carbocycles. The molecule has 1 amide bonds. The quantitative estimate of drug-likeness (QED) is 0.578. The van der Waals surface area contributed by atoms with E-state index < -0.39 is 0 Å². The molecular formula is C17H29NO4. The van der Waals surface area contributed by atoms with Crippen LogP contribution in [0.5, 0.6) is 0 Å². The van der Waals surface area contributed by atoms with Crippen LogP contribution in [0.2, 0.25) is 0 Å². The predicted octanol–water partition coefficient (Wildman–Crippen LogP) is 1.85. The van der Waals surface area contributed by atoms with Gasteiger partial charge >= 0.3 is 0 Å². The van der Waals surface area contributed by atoms with Crippen molar-refractivity contribution in [2.24, 2.45) is 10.8 Å². The fraction of sp³-hybridized carbons (Fsp3) is 0.941. The Kier molecular flexibility index (Phi) is 4.76. The first-order valence-corrected chi connectivity index (χ1v) is 8.52. The number of amides is 1. The third-order valence-corrected chi connectivity index (χ3v) is 5.61. The number of carbonyl (C=O) groups is 1. The average Bonchev–Trinajstić information content (AvgIpc) is 2.37. The van der Waals surface area contributed by atoms with Gasteiger partial charge < -0.3 is 19.1 Å². The fourth-order valence-electron chi connectivity index (χ4n) is 4.38. The van der Waals surface area contributed by atoms with Crippen molar-refractivity contribution in [3.8, 4) is 0 Å². The summed E-state index contributed by atoms with van der Waals surface area (Å²) in [5, 5.41) is 0. The van der Waals surface area contributed by atoms with Crippen molar-refractivity contribution in [1.29, 1.82) is 0 Å². The molecule has 5 nitrogen and oxygen atoms in total. The van der Waals surface area contributed by atoms with Gasteiger partial charge in [0.2, 0.25) is 5.91 Å². The average molecular weight is 311 g/mol. The lowest BCUT2D eigenvalue weighted by molar-refractivity contribution is -0.239. The Morgan fingerprint density at radius 3 is 2.41 bits per heavy atom. The van der Waals surface area contributed by atoms with Crippen LogP contribution in [0.4, 0.5) is 0 Å². The first-order valence-electron chi connectivity index (χ1n) is 8.52. The molecule has 0 N–H and O–H groups in total. The molecule has 1 aliphatic heterocycles. The maximum atomic E-state index is 12.5. The van der Waals surface area contributed by atoms with E-state index in [-0.39, 0.29) is 11.5 Å². The second kappa shape index (κ2) is 6.46. The molecule has 4 rings (SSSR count). The van der Waals surface area contributed by atoms with Gasteiger partial charge in [-0.2, -0.15) is 0 Å². The van der Waals surface area contributed by atoms with Crippen LogP contribution in [0.15, 0.2) is 0 Å². The minimum absolute atomic E-state index is 0.0272. The Balaban J connectivity index is 1.27. The van der Waals surface area contributed by atoms with Crippen LogP contribution in [0, 0.1) is 10.8 Å². The molecule has 0 aromatic rings. The molecule has 0 radical (unpaired) electrons. The summed E-state index contributed by atoms with van der Waals surface area (Å²) in [5.74, 6) is 0.363. The largest absolute Gasteiger partial charge is 0.385 e. The number of unbranched alkanes of at least 4 members (excludes halogenated alkanes) is 2. The smallest absolute Gasteiger partial charge is 0.229 e. The van der Waals surface area contributed by atoms with Crippen LogP contribution in [0.25, 0.3) is 0 Å². The Morgan fingerprint density at radius 1 is 1.09 bits per heavy atom. The van der Waals surface area contributed by atoms with Gasteiger partial charge in [-0.1, -0.05) is 0 Å². The summed E-state index contributed by atoms with van der Waals surface area (Å²) < 4.78 is 16.1. The van der Waals surface area contributed by atoms with Crippen molar-refractivity contribution in [2.45, 2.75) is 44.6 Å². The molecule has 0 spiro atoms. The van der Waals surface area contributed by atoms with E-state index in [0.717, 1.165) is 65.0 Å². The molecule has 0 aromatic heterocycles. The van der Waals surface area contributed by atoms with Crippen molar-refractivity contribution in [3.05, 3.63) is 0 Å². The SMILES string of the molecule is COCCCCCOCC12CC(C(=O)N3CC(OC)C3)(C1)C2. The normalized spacial score (nSPS) is 33.1. The molecule has 0 aromatic carbocycles. The number of likely N-dealkylation sites (tertiary alicyclic amines) is 1. The van der Waals surface area contributed by atoms with E-state index in [1.807, 2.05) is 4.90 Å². The molecule has 22 heavy (non-hydrogen) atoms. The zero-order valence-electron chi connectivity index (χ0n) is 13.9. The number of ether oxygens (including phenoxy) is 3. The summed E-state index contributed by atoms with van der Waals surface area (Å²) >= 11 is 0. The van der Waals surface area contributed by atoms with Crippen molar-refractivity contribution in [2.75, 3.05) is 47.1 Å². The highest BCUT2D eigenvalue weighted by Crippen LogP contribution is 2.74. The molecule has 1 saturated heterocycles. The standard InChI is InChI=1S/C17H29NO4/c1-20-6-4-3-5-7-22-13-16-10-17(11-16,12-16)15(19)18-8-14(9-18)21-2/h14H,3-13H2,1-2H3. The molecule has 1 heterocycles. The fourth-order valence-corrected chi connectivity index (χ4v) is 4.38. The second-order valence-corrected chi connectivity index (χ2v) is 7.48. The van der Waals surface area contributed by atoms with Gasteiger partial charge in [0.25, 0.3) is 0 Å². The van der Waals surface area contributed by atoms with Crippen molar-refractivity contribution in [3.63, 3.8) is 0 Å². The maximum absolute atomic E-state index is 12.5. The molecule has 4 aliphatic rings. The summed E-state index contributed by atoms with van der Waals surface area (Å²) in [6.07, 6.45) is 6.76. The summed E-state index contributed by atoms with van der Waals surface area (Å²) in [7, 11) is 3.46. The van der Waals surface area contributed by atoms with Gasteiger partial charge in [-0.25, -0.2) is 0 Å². The molecule has 5 heteroatoms. The first-order chi connectivity index (χ1) is 10.6. The van der Waals surface area contributed by atoms with E-state index in [9.17, 15) is 4.79 Å². The number of carbonyl (C=O) groups excluding carboxylic acids is 1. The number of methoxy groups -OCH3 is 2. The number of hydrogen-bond acceptors (Lipinski definition) is 4. The third kappa shape index (κ3) is 2.91. The summed E-state index contributed by atoms with van der Waals surface area (Å²) in [4.78, 5) is 14.4. The van der Waals surface area contributed by atoms with Gasteiger partial charge in [-0.3, -0.25) is 4.79 Å². The third-order valence-electron chi connectivity index (χ3n) is 5.61. The number of rotatable bonds is 10. The van der Waals surface area contributed by atoms with Gasteiger partial charge in [0.1, 0.15) is 0 Å². The molecule has 4 fully saturated rings. The topological polar surface area (TPSA) is 48.0 Å². The molecule has 0 atom stereocenters.